The van der Waals surface area contributed by atoms with E-state index >= 15 is 0 Å². The van der Waals surface area contributed by atoms with Crippen molar-refractivity contribution in [3.8, 4) is 11.5 Å². The number of methoxy groups -OCH3 is 2. The van der Waals surface area contributed by atoms with Crippen molar-refractivity contribution < 1.29 is 9.47 Å². The predicted molar refractivity (Wildman–Crippen MR) is 67.6 cm³/mol. The highest BCUT2D eigenvalue weighted by atomic mass is 16.5. The van der Waals surface area contributed by atoms with Crippen LogP contribution in [-0.2, 0) is 0 Å². The molecule has 1 rings (SSSR count). The summed E-state index contributed by atoms with van der Waals surface area (Å²) in [5.41, 5.74) is 11.9. The zero-order valence-corrected chi connectivity index (χ0v) is 10.1. The Labute approximate surface area is 99.9 Å². The molecule has 0 bridgehead atoms. The van der Waals surface area contributed by atoms with Crippen LogP contribution in [0.4, 0.5) is 0 Å². The summed E-state index contributed by atoms with van der Waals surface area (Å²) in [5, 5.41) is 7.47. The van der Waals surface area contributed by atoms with Crippen LogP contribution in [0.3, 0.4) is 0 Å². The summed E-state index contributed by atoms with van der Waals surface area (Å²) in [6.45, 7) is 1.80. The highest BCUT2D eigenvalue weighted by Gasteiger charge is 2.06. The van der Waals surface area contributed by atoms with Gasteiger partial charge in [0.25, 0.3) is 0 Å². The molecule has 0 unspecified atom stereocenters. The van der Waals surface area contributed by atoms with E-state index in [1.165, 1.54) is 0 Å². The lowest BCUT2D eigenvalue weighted by Gasteiger charge is -2.08. The lowest BCUT2D eigenvalue weighted by atomic mass is 10.1. The minimum absolute atomic E-state index is 0.0789. The summed E-state index contributed by atoms with van der Waals surface area (Å²) >= 11 is 0. The van der Waals surface area contributed by atoms with Crippen LogP contribution in [0.5, 0.6) is 11.5 Å². The topological polar surface area (TPSA) is 95.2 Å². The second-order valence-electron chi connectivity index (χ2n) is 3.28. The first-order chi connectivity index (χ1) is 8.08. The first-order valence-corrected chi connectivity index (χ1v) is 4.94. The number of hydrogen-bond donors (Lipinski definition) is 2. The molecule has 0 aliphatic carbocycles. The molecule has 0 heterocycles. The van der Waals surface area contributed by atoms with Crippen molar-refractivity contribution >= 4 is 11.7 Å². The van der Waals surface area contributed by atoms with E-state index in [0.29, 0.717) is 17.2 Å². The molecule has 1 aromatic carbocycles. The molecule has 6 nitrogen and oxygen atoms in total. The van der Waals surface area contributed by atoms with Crippen molar-refractivity contribution in [1.82, 2.24) is 0 Å². The van der Waals surface area contributed by atoms with E-state index in [1.807, 2.05) is 6.07 Å². The molecular formula is C11H16N4O2. The Hall–Kier alpha value is -2.24. The van der Waals surface area contributed by atoms with Crippen LogP contribution >= 0.6 is 0 Å². The molecule has 0 radical (unpaired) electrons. The van der Waals surface area contributed by atoms with Gasteiger partial charge < -0.3 is 20.9 Å². The Bertz CT molecular complexity index is 451. The number of benzene rings is 1. The maximum absolute atomic E-state index is 5.20. The zero-order chi connectivity index (χ0) is 12.8. The van der Waals surface area contributed by atoms with Gasteiger partial charge in [-0.15, -0.1) is 5.10 Å². The van der Waals surface area contributed by atoms with E-state index in [0.717, 1.165) is 5.56 Å². The van der Waals surface area contributed by atoms with Gasteiger partial charge in [-0.05, 0) is 25.1 Å². The van der Waals surface area contributed by atoms with Gasteiger partial charge in [0.2, 0.25) is 5.96 Å². The molecule has 0 saturated heterocycles. The number of ether oxygens (including phenoxy) is 2. The molecule has 0 aliphatic rings. The van der Waals surface area contributed by atoms with Gasteiger partial charge in [0.05, 0.1) is 19.9 Å². The molecule has 0 aromatic heterocycles. The van der Waals surface area contributed by atoms with Gasteiger partial charge in [-0.25, -0.2) is 0 Å². The number of nitrogens with two attached hydrogens (primary N) is 2. The third-order valence-corrected chi connectivity index (χ3v) is 2.12. The standard InChI is InChI=1S/C11H16N4O2/c1-7(14-15-11(12)13)8-4-5-9(16-2)10(6-8)17-3/h4-6H,1-3H3,(H4,12,13,15)/b14-7-. The molecular weight excluding hydrogens is 220 g/mol. The fourth-order valence-corrected chi connectivity index (χ4v) is 1.25. The van der Waals surface area contributed by atoms with Crippen LogP contribution in [0.2, 0.25) is 0 Å². The number of hydrogen-bond acceptors (Lipinski definition) is 4. The lowest BCUT2D eigenvalue weighted by Crippen LogP contribution is -2.22. The Balaban J connectivity index is 3.07. The summed E-state index contributed by atoms with van der Waals surface area (Å²) < 4.78 is 10.3. The smallest absolute Gasteiger partial charge is 0.211 e. The van der Waals surface area contributed by atoms with Gasteiger partial charge in [0.15, 0.2) is 11.5 Å². The molecule has 92 valence electrons. The van der Waals surface area contributed by atoms with Gasteiger partial charge in [0.1, 0.15) is 0 Å². The van der Waals surface area contributed by atoms with Gasteiger partial charge in [0, 0.05) is 5.56 Å². The van der Waals surface area contributed by atoms with E-state index in [-0.39, 0.29) is 5.96 Å². The first kappa shape index (κ1) is 12.8. The minimum Gasteiger partial charge on any atom is -0.493 e. The Morgan fingerprint density at radius 1 is 1.06 bits per heavy atom. The van der Waals surface area contributed by atoms with Crippen molar-refractivity contribution in [1.29, 1.82) is 0 Å². The maximum atomic E-state index is 5.20. The van der Waals surface area contributed by atoms with E-state index in [9.17, 15) is 0 Å². The predicted octanol–water partition coefficient (Wildman–Crippen LogP) is 0.701. The molecule has 1 aromatic rings. The van der Waals surface area contributed by atoms with Crippen LogP contribution in [0, 0.1) is 0 Å². The summed E-state index contributed by atoms with van der Waals surface area (Å²) in [6.07, 6.45) is 0. The highest BCUT2D eigenvalue weighted by Crippen LogP contribution is 2.27. The molecule has 0 spiro atoms. The maximum Gasteiger partial charge on any atom is 0.211 e. The van der Waals surface area contributed by atoms with Crippen LogP contribution in [-0.4, -0.2) is 25.9 Å². The zero-order valence-electron chi connectivity index (χ0n) is 10.1. The lowest BCUT2D eigenvalue weighted by molar-refractivity contribution is 0.355. The van der Waals surface area contributed by atoms with Crippen LogP contribution in [0.25, 0.3) is 0 Å². The van der Waals surface area contributed by atoms with Crippen molar-refractivity contribution in [2.45, 2.75) is 6.92 Å². The number of rotatable bonds is 4. The first-order valence-electron chi connectivity index (χ1n) is 4.94. The van der Waals surface area contributed by atoms with E-state index < -0.39 is 0 Å². The molecule has 0 saturated carbocycles. The molecule has 0 amide bonds. The van der Waals surface area contributed by atoms with Crippen LogP contribution < -0.4 is 20.9 Å². The van der Waals surface area contributed by atoms with Crippen LogP contribution in [0.15, 0.2) is 28.4 Å². The Kier molecular flexibility index (Phi) is 4.33. The van der Waals surface area contributed by atoms with Crippen molar-refractivity contribution in [2.75, 3.05) is 14.2 Å². The average molecular weight is 236 g/mol. The van der Waals surface area contributed by atoms with Gasteiger partial charge in [-0.3, -0.25) is 0 Å². The van der Waals surface area contributed by atoms with E-state index in [1.54, 1.807) is 33.3 Å². The molecule has 0 fully saturated rings. The van der Waals surface area contributed by atoms with Crippen LogP contribution in [0.1, 0.15) is 12.5 Å². The third kappa shape index (κ3) is 3.37. The highest BCUT2D eigenvalue weighted by molar-refractivity contribution is 5.99. The fourth-order valence-electron chi connectivity index (χ4n) is 1.25. The molecule has 0 atom stereocenters. The third-order valence-electron chi connectivity index (χ3n) is 2.12. The average Bonchev–Trinajstić information content (AvgIpc) is 2.34. The second kappa shape index (κ2) is 5.74. The quantitative estimate of drug-likeness (QED) is 0.457. The van der Waals surface area contributed by atoms with Gasteiger partial charge in [-0.2, -0.15) is 5.10 Å². The Morgan fingerprint density at radius 3 is 2.24 bits per heavy atom. The fraction of sp³-hybridized carbons (Fsp3) is 0.273. The molecule has 0 aliphatic heterocycles. The summed E-state index contributed by atoms with van der Waals surface area (Å²) in [6, 6.07) is 5.45. The van der Waals surface area contributed by atoms with E-state index in [2.05, 4.69) is 10.2 Å². The summed E-state index contributed by atoms with van der Waals surface area (Å²) in [5.74, 6) is 1.21. The SMILES string of the molecule is COc1ccc(/C(C)=N\N=C(N)N)cc1OC. The molecule has 17 heavy (non-hydrogen) atoms. The molecule has 4 N–H and O–H groups in total. The summed E-state index contributed by atoms with van der Waals surface area (Å²) in [7, 11) is 3.15. The normalized spacial score (nSPS) is 10.9. The largest absolute Gasteiger partial charge is 0.493 e. The van der Waals surface area contributed by atoms with Crippen molar-refractivity contribution in [3.05, 3.63) is 23.8 Å². The van der Waals surface area contributed by atoms with Gasteiger partial charge in [-0.1, -0.05) is 0 Å². The number of guanidine groups is 1. The second-order valence-corrected chi connectivity index (χ2v) is 3.28. The summed E-state index contributed by atoms with van der Waals surface area (Å²) in [4.78, 5) is 0. The van der Waals surface area contributed by atoms with E-state index in [4.69, 9.17) is 20.9 Å². The monoisotopic (exact) mass is 236 g/mol. The van der Waals surface area contributed by atoms with Crippen molar-refractivity contribution in [2.24, 2.45) is 21.7 Å². The Morgan fingerprint density at radius 2 is 1.71 bits per heavy atom. The van der Waals surface area contributed by atoms with Gasteiger partial charge >= 0.3 is 0 Å². The number of nitrogens with zero attached hydrogens (tertiary/aromatic N) is 2. The molecule has 6 heteroatoms. The van der Waals surface area contributed by atoms with Crippen molar-refractivity contribution in [3.63, 3.8) is 0 Å². The minimum atomic E-state index is -0.0789.